The van der Waals surface area contributed by atoms with Crippen LogP contribution in [0.3, 0.4) is 0 Å². The quantitative estimate of drug-likeness (QED) is 0.594. The first-order valence-electron chi connectivity index (χ1n) is 8.85. The SMILES string of the molecule is COc1ccccc1C=Cc1cccn1CCO[Si](C)(C)C(C)(C)C. The summed E-state index contributed by atoms with van der Waals surface area (Å²) in [5, 5.41) is 0.246. The fourth-order valence-corrected chi connectivity index (χ4v) is 3.41. The topological polar surface area (TPSA) is 23.4 Å². The summed E-state index contributed by atoms with van der Waals surface area (Å²) in [5.74, 6) is 0.887. The second kappa shape index (κ2) is 8.06. The van der Waals surface area contributed by atoms with Gasteiger partial charge in [-0.2, -0.15) is 0 Å². The van der Waals surface area contributed by atoms with Crippen LogP contribution in [0.2, 0.25) is 18.1 Å². The maximum atomic E-state index is 6.30. The van der Waals surface area contributed by atoms with Gasteiger partial charge in [0.2, 0.25) is 0 Å². The summed E-state index contributed by atoms with van der Waals surface area (Å²) in [5.41, 5.74) is 2.25. The van der Waals surface area contributed by atoms with Crippen LogP contribution >= 0.6 is 0 Å². The minimum Gasteiger partial charge on any atom is -0.496 e. The van der Waals surface area contributed by atoms with Gasteiger partial charge in [-0.1, -0.05) is 39.0 Å². The Kier molecular flexibility index (Phi) is 6.30. The molecule has 0 atom stereocenters. The molecule has 0 aliphatic heterocycles. The molecule has 2 rings (SSSR count). The highest BCUT2D eigenvalue weighted by molar-refractivity contribution is 6.74. The van der Waals surface area contributed by atoms with Crippen molar-refractivity contribution in [2.45, 2.75) is 45.4 Å². The summed E-state index contributed by atoms with van der Waals surface area (Å²) in [6.07, 6.45) is 6.33. The van der Waals surface area contributed by atoms with Crippen LogP contribution < -0.4 is 4.74 Å². The predicted molar refractivity (Wildman–Crippen MR) is 110 cm³/mol. The van der Waals surface area contributed by atoms with E-state index in [2.05, 4.69) is 75.0 Å². The fourth-order valence-electron chi connectivity index (χ4n) is 2.38. The van der Waals surface area contributed by atoms with Crippen LogP contribution in [0.5, 0.6) is 5.75 Å². The van der Waals surface area contributed by atoms with Crippen molar-refractivity contribution in [3.05, 3.63) is 53.9 Å². The van der Waals surface area contributed by atoms with Crippen LogP contribution in [0, 0.1) is 0 Å². The standard InChI is InChI=1S/C21H31NO2Si/c1-21(2,3)25(5,6)24-17-16-22-15-9-11-19(22)14-13-18-10-7-8-12-20(18)23-4/h7-15H,16-17H2,1-6H3. The molecule has 25 heavy (non-hydrogen) atoms. The molecular weight excluding hydrogens is 326 g/mol. The van der Waals surface area contributed by atoms with Gasteiger partial charge in [-0.15, -0.1) is 0 Å². The molecule has 2 aromatic rings. The molecule has 0 saturated carbocycles. The van der Waals surface area contributed by atoms with E-state index >= 15 is 0 Å². The Hall–Kier alpha value is -1.78. The van der Waals surface area contributed by atoms with Crippen molar-refractivity contribution in [2.24, 2.45) is 0 Å². The van der Waals surface area contributed by atoms with Gasteiger partial charge in [-0.05, 0) is 48.5 Å². The molecule has 0 amide bonds. The molecule has 0 fully saturated rings. The molecule has 1 aromatic heterocycles. The van der Waals surface area contributed by atoms with Gasteiger partial charge in [-0.25, -0.2) is 0 Å². The third-order valence-electron chi connectivity index (χ3n) is 5.04. The molecule has 0 radical (unpaired) electrons. The fraction of sp³-hybridized carbons (Fsp3) is 0.429. The zero-order valence-electron chi connectivity index (χ0n) is 16.4. The van der Waals surface area contributed by atoms with E-state index in [0.717, 1.165) is 24.5 Å². The zero-order chi connectivity index (χ0) is 18.5. The van der Waals surface area contributed by atoms with Crippen LogP contribution in [0.25, 0.3) is 12.2 Å². The highest BCUT2D eigenvalue weighted by atomic mass is 28.4. The van der Waals surface area contributed by atoms with Crippen molar-refractivity contribution in [1.82, 2.24) is 4.57 Å². The van der Waals surface area contributed by atoms with Crippen molar-refractivity contribution in [1.29, 1.82) is 0 Å². The molecule has 1 aromatic carbocycles. The first-order chi connectivity index (χ1) is 11.7. The Morgan fingerprint density at radius 2 is 1.76 bits per heavy atom. The lowest BCUT2D eigenvalue weighted by Crippen LogP contribution is -2.41. The van der Waals surface area contributed by atoms with Crippen molar-refractivity contribution in [3.63, 3.8) is 0 Å². The van der Waals surface area contributed by atoms with E-state index in [1.165, 1.54) is 5.69 Å². The molecule has 0 aliphatic rings. The molecule has 0 saturated heterocycles. The highest BCUT2D eigenvalue weighted by Gasteiger charge is 2.36. The largest absolute Gasteiger partial charge is 0.496 e. The Morgan fingerprint density at radius 3 is 2.44 bits per heavy atom. The van der Waals surface area contributed by atoms with E-state index in [4.69, 9.17) is 9.16 Å². The van der Waals surface area contributed by atoms with Gasteiger partial charge in [-0.3, -0.25) is 0 Å². The number of hydrogen-bond acceptors (Lipinski definition) is 2. The second-order valence-corrected chi connectivity index (χ2v) is 12.6. The molecule has 136 valence electrons. The van der Waals surface area contributed by atoms with Gasteiger partial charge < -0.3 is 13.7 Å². The summed E-state index contributed by atoms with van der Waals surface area (Å²) in [4.78, 5) is 0. The number of nitrogens with zero attached hydrogens (tertiary/aromatic N) is 1. The number of aromatic nitrogens is 1. The number of methoxy groups -OCH3 is 1. The van der Waals surface area contributed by atoms with Gasteiger partial charge in [0.15, 0.2) is 8.32 Å². The number of hydrogen-bond donors (Lipinski definition) is 0. The number of para-hydroxylation sites is 1. The van der Waals surface area contributed by atoms with Crippen molar-refractivity contribution in [2.75, 3.05) is 13.7 Å². The van der Waals surface area contributed by atoms with E-state index in [-0.39, 0.29) is 5.04 Å². The van der Waals surface area contributed by atoms with Crippen molar-refractivity contribution in [3.8, 4) is 5.75 Å². The Labute approximate surface area is 153 Å². The van der Waals surface area contributed by atoms with E-state index in [1.807, 2.05) is 18.2 Å². The third-order valence-corrected chi connectivity index (χ3v) is 9.58. The van der Waals surface area contributed by atoms with Gasteiger partial charge >= 0.3 is 0 Å². The van der Waals surface area contributed by atoms with Crippen LogP contribution in [-0.2, 0) is 11.0 Å². The summed E-state index contributed by atoms with van der Waals surface area (Å²) in [6.45, 7) is 13.0. The molecule has 0 spiro atoms. The van der Waals surface area contributed by atoms with Crippen molar-refractivity contribution < 1.29 is 9.16 Å². The number of rotatable bonds is 7. The molecule has 0 unspecified atom stereocenters. The first-order valence-corrected chi connectivity index (χ1v) is 11.8. The maximum Gasteiger partial charge on any atom is 0.192 e. The van der Waals surface area contributed by atoms with E-state index in [1.54, 1.807) is 7.11 Å². The van der Waals surface area contributed by atoms with Gasteiger partial charge in [0, 0.05) is 24.0 Å². The van der Waals surface area contributed by atoms with Crippen molar-refractivity contribution >= 4 is 20.5 Å². The van der Waals surface area contributed by atoms with Gasteiger partial charge in [0.05, 0.1) is 13.7 Å². The Bertz CT molecular complexity index is 711. The normalized spacial score (nSPS) is 12.7. The van der Waals surface area contributed by atoms with Crippen LogP contribution in [0.1, 0.15) is 32.0 Å². The van der Waals surface area contributed by atoms with E-state index in [0.29, 0.717) is 0 Å². The lowest BCUT2D eigenvalue weighted by molar-refractivity contribution is 0.271. The Balaban J connectivity index is 2.02. The number of benzene rings is 1. The summed E-state index contributed by atoms with van der Waals surface area (Å²) in [7, 11) is 0.0148. The van der Waals surface area contributed by atoms with Gasteiger partial charge in [0.1, 0.15) is 5.75 Å². The predicted octanol–water partition coefficient (Wildman–Crippen LogP) is 5.69. The maximum absolute atomic E-state index is 6.30. The number of ether oxygens (including phenoxy) is 1. The minimum atomic E-state index is -1.69. The Morgan fingerprint density at radius 1 is 1.04 bits per heavy atom. The second-order valence-electron chi connectivity index (χ2n) is 7.81. The molecule has 1 heterocycles. The third kappa shape index (κ3) is 5.09. The van der Waals surface area contributed by atoms with E-state index < -0.39 is 8.32 Å². The summed E-state index contributed by atoms with van der Waals surface area (Å²) < 4.78 is 13.9. The first kappa shape index (κ1) is 19.5. The summed E-state index contributed by atoms with van der Waals surface area (Å²) in [6, 6.07) is 12.2. The molecular formula is C21H31NO2Si. The van der Waals surface area contributed by atoms with Crippen LogP contribution in [-0.4, -0.2) is 26.6 Å². The molecule has 0 bridgehead atoms. The lowest BCUT2D eigenvalue weighted by atomic mass is 10.2. The van der Waals surface area contributed by atoms with Crippen LogP contribution in [0.4, 0.5) is 0 Å². The van der Waals surface area contributed by atoms with Crippen LogP contribution in [0.15, 0.2) is 42.6 Å². The average Bonchev–Trinajstić information content (AvgIpc) is 2.99. The monoisotopic (exact) mass is 357 g/mol. The lowest BCUT2D eigenvalue weighted by Gasteiger charge is -2.36. The molecule has 3 nitrogen and oxygen atoms in total. The minimum absolute atomic E-state index is 0.246. The summed E-state index contributed by atoms with van der Waals surface area (Å²) >= 11 is 0. The molecule has 4 heteroatoms. The molecule has 0 aliphatic carbocycles. The smallest absolute Gasteiger partial charge is 0.192 e. The average molecular weight is 358 g/mol. The van der Waals surface area contributed by atoms with Gasteiger partial charge in [0.25, 0.3) is 0 Å². The highest BCUT2D eigenvalue weighted by Crippen LogP contribution is 2.36. The molecule has 0 N–H and O–H groups in total. The zero-order valence-corrected chi connectivity index (χ0v) is 17.4. The van der Waals surface area contributed by atoms with E-state index in [9.17, 15) is 0 Å².